The van der Waals surface area contributed by atoms with Crippen molar-refractivity contribution in [1.29, 1.82) is 0 Å². The lowest BCUT2D eigenvalue weighted by Gasteiger charge is -2.19. The Hall–Kier alpha value is -3.85. The molecule has 10 heteroatoms. The fraction of sp³-hybridized carbons (Fsp3) is 0.143. The fourth-order valence-electron chi connectivity index (χ4n) is 3.27. The number of anilines is 1. The van der Waals surface area contributed by atoms with Gasteiger partial charge in [-0.1, -0.05) is 28.9 Å². The molecule has 0 fully saturated rings. The van der Waals surface area contributed by atoms with Crippen molar-refractivity contribution in [3.8, 4) is 22.8 Å². The average molecular weight is 439 g/mol. The molecule has 31 heavy (non-hydrogen) atoms. The van der Waals surface area contributed by atoms with Crippen molar-refractivity contribution in [2.24, 2.45) is 0 Å². The zero-order valence-corrected chi connectivity index (χ0v) is 16.8. The molecule has 0 bridgehead atoms. The lowest BCUT2D eigenvalue weighted by atomic mass is 10.1. The minimum atomic E-state index is -0.437. The molecule has 0 saturated carbocycles. The van der Waals surface area contributed by atoms with Crippen LogP contribution in [0, 0.1) is 0 Å². The molecule has 1 aliphatic rings. The topological polar surface area (TPSA) is 108 Å². The van der Waals surface area contributed by atoms with Gasteiger partial charge in [0.25, 0.3) is 11.3 Å². The first-order chi connectivity index (χ1) is 15.1. The first-order valence-electron chi connectivity index (χ1n) is 9.39. The Morgan fingerprint density at radius 2 is 1.87 bits per heavy atom. The number of nitrogens with one attached hydrogen (secondary N) is 1. The van der Waals surface area contributed by atoms with E-state index in [1.165, 1.54) is 10.9 Å². The van der Waals surface area contributed by atoms with E-state index in [1.54, 1.807) is 42.5 Å². The first-order valence-corrected chi connectivity index (χ1v) is 9.76. The van der Waals surface area contributed by atoms with Gasteiger partial charge in [-0.3, -0.25) is 14.2 Å². The Morgan fingerprint density at radius 3 is 2.68 bits per heavy atom. The van der Waals surface area contributed by atoms with Crippen molar-refractivity contribution in [2.75, 3.05) is 18.5 Å². The maximum absolute atomic E-state index is 13.0. The molecule has 0 saturated heterocycles. The summed E-state index contributed by atoms with van der Waals surface area (Å²) >= 11 is 5.93. The Kier molecular flexibility index (Phi) is 4.79. The summed E-state index contributed by atoms with van der Waals surface area (Å²) in [5.74, 6) is 0.781. The molecule has 0 spiro atoms. The van der Waals surface area contributed by atoms with Crippen LogP contribution in [0.1, 0.15) is 0 Å². The number of carbonyl (C=O) groups is 1. The number of hydrogen-bond donors (Lipinski definition) is 1. The van der Waals surface area contributed by atoms with Crippen molar-refractivity contribution in [2.45, 2.75) is 6.54 Å². The molecule has 1 N–H and O–H groups in total. The van der Waals surface area contributed by atoms with Crippen molar-refractivity contribution in [3.05, 3.63) is 64.2 Å². The molecule has 4 aromatic rings. The van der Waals surface area contributed by atoms with E-state index < -0.39 is 11.5 Å². The second kappa shape index (κ2) is 7.77. The van der Waals surface area contributed by atoms with E-state index in [1.807, 2.05) is 0 Å². The second-order valence-corrected chi connectivity index (χ2v) is 7.24. The van der Waals surface area contributed by atoms with Crippen LogP contribution in [0.3, 0.4) is 0 Å². The van der Waals surface area contributed by atoms with Crippen LogP contribution in [0.15, 0.2) is 58.1 Å². The molecule has 0 atom stereocenters. The van der Waals surface area contributed by atoms with Gasteiger partial charge in [0.1, 0.15) is 37.2 Å². The maximum Gasteiger partial charge on any atom is 0.267 e. The summed E-state index contributed by atoms with van der Waals surface area (Å²) in [4.78, 5) is 29.7. The van der Waals surface area contributed by atoms with Crippen LogP contribution in [-0.2, 0) is 11.3 Å². The largest absolute Gasteiger partial charge is 0.486 e. The van der Waals surface area contributed by atoms with Gasteiger partial charge in [0.05, 0.1) is 0 Å². The van der Waals surface area contributed by atoms with Crippen molar-refractivity contribution in [3.63, 3.8) is 0 Å². The lowest BCUT2D eigenvalue weighted by Crippen LogP contribution is -2.28. The van der Waals surface area contributed by atoms with Crippen molar-refractivity contribution in [1.82, 2.24) is 14.7 Å². The number of benzene rings is 2. The van der Waals surface area contributed by atoms with Crippen LogP contribution in [0.5, 0.6) is 11.5 Å². The zero-order chi connectivity index (χ0) is 21.4. The van der Waals surface area contributed by atoms with Crippen molar-refractivity contribution < 1.29 is 18.8 Å². The van der Waals surface area contributed by atoms with E-state index in [2.05, 4.69) is 15.5 Å². The van der Waals surface area contributed by atoms with Gasteiger partial charge in [-0.05, 0) is 24.3 Å². The van der Waals surface area contributed by atoms with Gasteiger partial charge in [0.2, 0.25) is 5.91 Å². The predicted molar refractivity (Wildman–Crippen MR) is 113 cm³/mol. The average Bonchev–Trinajstić information content (AvgIpc) is 3.21. The highest BCUT2D eigenvalue weighted by Gasteiger charge is 2.18. The summed E-state index contributed by atoms with van der Waals surface area (Å²) in [6.45, 7) is 0.694. The molecule has 156 valence electrons. The summed E-state index contributed by atoms with van der Waals surface area (Å²) in [7, 11) is 0. The normalized spacial score (nSPS) is 12.7. The second-order valence-electron chi connectivity index (χ2n) is 6.80. The van der Waals surface area contributed by atoms with E-state index in [4.69, 9.17) is 25.6 Å². The Balaban J connectivity index is 1.41. The maximum atomic E-state index is 13.0. The monoisotopic (exact) mass is 438 g/mol. The molecular weight excluding hydrogens is 424 g/mol. The fourth-order valence-corrected chi connectivity index (χ4v) is 3.40. The molecule has 1 amide bonds. The number of nitrogens with zero attached hydrogens (tertiary/aromatic N) is 3. The Morgan fingerprint density at radius 1 is 1.10 bits per heavy atom. The van der Waals surface area contributed by atoms with Gasteiger partial charge in [0, 0.05) is 22.3 Å². The van der Waals surface area contributed by atoms with Gasteiger partial charge < -0.3 is 19.3 Å². The van der Waals surface area contributed by atoms with Crippen LogP contribution < -0.4 is 20.3 Å². The number of amides is 1. The van der Waals surface area contributed by atoms with Crippen LogP contribution in [0.25, 0.3) is 22.4 Å². The minimum Gasteiger partial charge on any atom is -0.486 e. The number of ether oxygens (including phenoxy) is 2. The van der Waals surface area contributed by atoms with E-state index in [0.29, 0.717) is 46.7 Å². The quantitative estimate of drug-likeness (QED) is 0.521. The first kappa shape index (κ1) is 19.1. The number of aromatic nitrogens is 3. The molecule has 1 aliphatic heterocycles. The van der Waals surface area contributed by atoms with Crippen molar-refractivity contribution >= 4 is 34.3 Å². The van der Waals surface area contributed by atoms with Crippen LogP contribution in [0.2, 0.25) is 5.02 Å². The molecule has 9 nitrogen and oxygen atoms in total. The molecule has 5 rings (SSSR count). The Bertz CT molecular complexity index is 1350. The zero-order valence-electron chi connectivity index (χ0n) is 16.0. The standard InChI is InChI=1S/C21H15ClN4O5/c22-13-3-1-12(2-4-13)19-18-20(31-25-19)23-11-26(21(18)28)10-17(27)24-14-5-6-15-16(9-14)30-8-7-29-15/h1-6,9,11H,7-8,10H2,(H,24,27). The summed E-state index contributed by atoms with van der Waals surface area (Å²) in [5, 5.41) is 7.46. The highest BCUT2D eigenvalue weighted by atomic mass is 35.5. The number of fused-ring (bicyclic) bond motifs is 2. The smallest absolute Gasteiger partial charge is 0.267 e. The SMILES string of the molecule is O=C(Cn1cnc2onc(-c3ccc(Cl)cc3)c2c1=O)Nc1ccc2c(c1)OCCO2. The van der Waals surface area contributed by atoms with E-state index in [-0.39, 0.29) is 17.6 Å². The highest BCUT2D eigenvalue weighted by molar-refractivity contribution is 6.30. The van der Waals surface area contributed by atoms with Crippen LogP contribution in [0.4, 0.5) is 5.69 Å². The summed E-state index contributed by atoms with van der Waals surface area (Å²) < 4.78 is 17.4. The summed E-state index contributed by atoms with van der Waals surface area (Å²) in [6.07, 6.45) is 1.25. The van der Waals surface area contributed by atoms with Gasteiger partial charge in [-0.25, -0.2) is 4.98 Å². The predicted octanol–water partition coefficient (Wildman–Crippen LogP) is 3.11. The highest BCUT2D eigenvalue weighted by Crippen LogP contribution is 2.32. The van der Waals surface area contributed by atoms with Gasteiger partial charge in [0.15, 0.2) is 11.5 Å². The molecule has 0 aliphatic carbocycles. The van der Waals surface area contributed by atoms with Gasteiger partial charge in [-0.15, -0.1) is 0 Å². The van der Waals surface area contributed by atoms with E-state index in [0.717, 1.165) is 0 Å². The Labute approximate surface area is 180 Å². The minimum absolute atomic E-state index is 0.0958. The molecule has 3 heterocycles. The number of carbonyl (C=O) groups excluding carboxylic acids is 1. The lowest BCUT2D eigenvalue weighted by molar-refractivity contribution is -0.116. The van der Waals surface area contributed by atoms with Crippen LogP contribution >= 0.6 is 11.6 Å². The van der Waals surface area contributed by atoms with E-state index >= 15 is 0 Å². The van der Waals surface area contributed by atoms with Crippen LogP contribution in [-0.4, -0.2) is 33.8 Å². The summed E-state index contributed by atoms with van der Waals surface area (Å²) in [5.41, 5.74) is 1.18. The molecule has 2 aromatic heterocycles. The third-order valence-electron chi connectivity index (χ3n) is 4.72. The number of halogens is 1. The molecule has 2 aromatic carbocycles. The molecular formula is C21H15ClN4O5. The van der Waals surface area contributed by atoms with Gasteiger partial charge in [-0.2, -0.15) is 0 Å². The van der Waals surface area contributed by atoms with E-state index in [9.17, 15) is 9.59 Å². The molecule has 0 unspecified atom stereocenters. The number of rotatable bonds is 4. The third-order valence-corrected chi connectivity index (χ3v) is 4.97. The third kappa shape index (κ3) is 3.71. The van der Waals surface area contributed by atoms with Gasteiger partial charge >= 0.3 is 0 Å². The summed E-state index contributed by atoms with van der Waals surface area (Å²) in [6, 6.07) is 11.9. The number of hydrogen-bond acceptors (Lipinski definition) is 7. The molecule has 0 radical (unpaired) electrons.